The molecule has 0 aliphatic carbocycles. The predicted octanol–water partition coefficient (Wildman–Crippen LogP) is 2.05. The fourth-order valence-electron chi connectivity index (χ4n) is 3.48. The number of halogens is 2. The molecule has 3 rings (SSSR count). The van der Waals surface area contributed by atoms with Crippen molar-refractivity contribution in [1.29, 1.82) is 0 Å². The Bertz CT molecular complexity index is 814. The average Bonchev–Trinajstić information content (AvgIpc) is 2.90. The number of cyclic esters (lactones) is 1. The van der Waals surface area contributed by atoms with Crippen LogP contribution in [0.3, 0.4) is 0 Å². The largest absolute Gasteiger partial charge is 0.452 e. The monoisotopic (exact) mass is 426 g/mol. The van der Waals surface area contributed by atoms with E-state index in [0.717, 1.165) is 17.0 Å². The van der Waals surface area contributed by atoms with Crippen LogP contribution in [-0.4, -0.2) is 68.9 Å². The molecule has 2 aliphatic heterocycles. The summed E-state index contributed by atoms with van der Waals surface area (Å²) in [5.41, 5.74) is 2.66. The summed E-state index contributed by atoms with van der Waals surface area (Å²) < 4.78 is 39.5. The van der Waals surface area contributed by atoms with Gasteiger partial charge >= 0.3 is 12.2 Å². The summed E-state index contributed by atoms with van der Waals surface area (Å²) in [6.45, 7) is 2.47. The van der Waals surface area contributed by atoms with Crippen molar-refractivity contribution in [2.75, 3.05) is 49.6 Å². The van der Waals surface area contributed by atoms with Gasteiger partial charge in [0.1, 0.15) is 17.6 Å². The van der Waals surface area contributed by atoms with Gasteiger partial charge in [-0.1, -0.05) is 0 Å². The Morgan fingerprint density at radius 1 is 1.23 bits per heavy atom. The van der Waals surface area contributed by atoms with Crippen LogP contribution in [-0.2, 0) is 14.3 Å². The molecule has 1 aromatic carbocycles. The molecule has 30 heavy (non-hydrogen) atoms. The van der Waals surface area contributed by atoms with Gasteiger partial charge in [-0.2, -0.15) is 0 Å². The topological polar surface area (TPSA) is 91.4 Å². The van der Waals surface area contributed by atoms with Gasteiger partial charge in [-0.05, 0) is 13.3 Å². The molecule has 0 radical (unpaired) electrons. The first-order chi connectivity index (χ1) is 14.3. The Labute approximate surface area is 172 Å². The van der Waals surface area contributed by atoms with Crippen molar-refractivity contribution in [3.8, 4) is 0 Å². The molecule has 9 nitrogen and oxygen atoms in total. The van der Waals surface area contributed by atoms with Crippen LogP contribution in [0, 0.1) is 11.6 Å². The number of Topliss-reactive ketones (excluding diaryl/α,β-unsaturated/α-hetero) is 1. The zero-order chi connectivity index (χ0) is 21.8. The van der Waals surface area contributed by atoms with Crippen LogP contribution in [0.2, 0.25) is 0 Å². The second-order valence-electron chi connectivity index (χ2n) is 7.13. The van der Waals surface area contributed by atoms with Crippen LogP contribution < -0.4 is 15.2 Å². The minimum atomic E-state index is -0.823. The SMILES string of the molecule is COC(=O)N1CCN(c2c(F)cc(N3C[C@H](CCC(C)=O)OC3=O)cc2F)CCN1. The summed E-state index contributed by atoms with van der Waals surface area (Å²) >= 11 is 0. The fraction of sp³-hybridized carbons (Fsp3) is 0.526. The number of nitrogens with zero attached hydrogens (tertiary/aromatic N) is 3. The number of amides is 2. The highest BCUT2D eigenvalue weighted by atomic mass is 19.1. The van der Waals surface area contributed by atoms with Gasteiger partial charge in [0.2, 0.25) is 0 Å². The normalized spacial score (nSPS) is 19.5. The number of hydrogen-bond donors (Lipinski definition) is 1. The number of rotatable bonds is 5. The highest BCUT2D eigenvalue weighted by Crippen LogP contribution is 2.31. The van der Waals surface area contributed by atoms with E-state index in [1.807, 2.05) is 0 Å². The Morgan fingerprint density at radius 3 is 2.57 bits per heavy atom. The van der Waals surface area contributed by atoms with Crippen molar-refractivity contribution in [3.63, 3.8) is 0 Å². The lowest BCUT2D eigenvalue weighted by Gasteiger charge is -2.24. The molecule has 1 atom stereocenters. The molecule has 0 saturated carbocycles. The second kappa shape index (κ2) is 9.24. The maximum atomic E-state index is 14.9. The molecule has 1 aromatic rings. The van der Waals surface area contributed by atoms with Gasteiger partial charge in [-0.3, -0.25) is 4.90 Å². The van der Waals surface area contributed by atoms with Gasteiger partial charge in [-0.15, -0.1) is 0 Å². The Morgan fingerprint density at radius 2 is 1.93 bits per heavy atom. The quantitative estimate of drug-likeness (QED) is 0.771. The van der Waals surface area contributed by atoms with Crippen LogP contribution in [0.1, 0.15) is 19.8 Å². The number of hydrogen-bond acceptors (Lipinski definition) is 7. The van der Waals surface area contributed by atoms with Gasteiger partial charge in [0.15, 0.2) is 11.6 Å². The third-order valence-corrected chi connectivity index (χ3v) is 4.99. The molecule has 164 valence electrons. The van der Waals surface area contributed by atoms with E-state index in [1.54, 1.807) is 0 Å². The summed E-state index contributed by atoms with van der Waals surface area (Å²) in [4.78, 5) is 37.5. The van der Waals surface area contributed by atoms with E-state index in [1.165, 1.54) is 23.9 Å². The smallest absolute Gasteiger partial charge is 0.424 e. The standard InChI is InChI=1S/C19H24F2N4O5/c1-12(26)3-4-14-11-24(18(27)30-14)13-9-15(20)17(16(21)10-13)23-6-5-22-25(8-7-23)19(28)29-2/h9-10,14,22H,3-8,11H2,1-2H3/t14-/m0/s1. The fourth-order valence-corrected chi connectivity index (χ4v) is 3.48. The van der Waals surface area contributed by atoms with Crippen molar-refractivity contribution in [2.45, 2.75) is 25.9 Å². The van der Waals surface area contributed by atoms with E-state index in [-0.39, 0.29) is 56.3 Å². The minimum Gasteiger partial charge on any atom is -0.452 e. The first-order valence-electron chi connectivity index (χ1n) is 9.60. The number of hydrazine groups is 1. The molecule has 0 aromatic heterocycles. The molecule has 0 spiro atoms. The van der Waals surface area contributed by atoms with Crippen molar-refractivity contribution < 1.29 is 32.6 Å². The first kappa shape index (κ1) is 21.8. The molecule has 2 aliphatic rings. The number of methoxy groups -OCH3 is 1. The molecule has 2 amide bonds. The zero-order valence-corrected chi connectivity index (χ0v) is 16.8. The van der Waals surface area contributed by atoms with E-state index in [2.05, 4.69) is 10.2 Å². The third-order valence-electron chi connectivity index (χ3n) is 4.99. The van der Waals surface area contributed by atoms with Crippen molar-refractivity contribution in [2.24, 2.45) is 0 Å². The Hall–Kier alpha value is -2.95. The summed E-state index contributed by atoms with van der Waals surface area (Å²) in [5, 5.41) is 1.24. The number of ketones is 1. The lowest BCUT2D eigenvalue weighted by molar-refractivity contribution is -0.117. The summed E-state index contributed by atoms with van der Waals surface area (Å²) in [6, 6.07) is 2.17. The van der Waals surface area contributed by atoms with Crippen molar-refractivity contribution in [1.82, 2.24) is 10.4 Å². The summed E-state index contributed by atoms with van der Waals surface area (Å²) in [7, 11) is 1.25. The second-order valence-corrected chi connectivity index (χ2v) is 7.13. The number of carbonyl (C=O) groups excluding carboxylic acids is 3. The molecule has 2 heterocycles. The maximum Gasteiger partial charge on any atom is 0.424 e. The molecule has 2 saturated heterocycles. The Balaban J connectivity index is 1.73. The molecule has 0 bridgehead atoms. The number of nitrogens with one attached hydrogen (secondary N) is 1. The van der Waals surface area contributed by atoms with E-state index in [0.29, 0.717) is 6.42 Å². The van der Waals surface area contributed by atoms with E-state index in [4.69, 9.17) is 4.74 Å². The van der Waals surface area contributed by atoms with Gasteiger partial charge < -0.3 is 19.2 Å². The van der Waals surface area contributed by atoms with Gasteiger partial charge in [0.25, 0.3) is 0 Å². The lowest BCUT2D eigenvalue weighted by Crippen LogP contribution is -2.43. The number of benzene rings is 1. The highest BCUT2D eigenvalue weighted by molar-refractivity contribution is 5.90. The summed E-state index contributed by atoms with van der Waals surface area (Å²) in [5.74, 6) is -1.67. The van der Waals surface area contributed by atoms with Crippen LogP contribution in [0.5, 0.6) is 0 Å². The minimum absolute atomic E-state index is 0.0244. The van der Waals surface area contributed by atoms with E-state index >= 15 is 0 Å². The molecular weight excluding hydrogens is 402 g/mol. The average molecular weight is 426 g/mol. The molecule has 2 fully saturated rings. The Kier molecular flexibility index (Phi) is 6.70. The first-order valence-corrected chi connectivity index (χ1v) is 9.60. The predicted molar refractivity (Wildman–Crippen MR) is 103 cm³/mol. The van der Waals surface area contributed by atoms with Gasteiger partial charge in [-0.25, -0.2) is 28.8 Å². The van der Waals surface area contributed by atoms with Gasteiger partial charge in [0.05, 0.1) is 25.9 Å². The van der Waals surface area contributed by atoms with Crippen LogP contribution in [0.25, 0.3) is 0 Å². The third kappa shape index (κ3) is 4.78. The van der Waals surface area contributed by atoms with Crippen LogP contribution in [0.4, 0.5) is 29.7 Å². The van der Waals surface area contributed by atoms with Crippen LogP contribution in [0.15, 0.2) is 12.1 Å². The molecule has 1 N–H and O–H groups in total. The van der Waals surface area contributed by atoms with Crippen molar-refractivity contribution in [3.05, 3.63) is 23.8 Å². The van der Waals surface area contributed by atoms with E-state index in [9.17, 15) is 23.2 Å². The maximum absolute atomic E-state index is 14.9. The lowest BCUT2D eigenvalue weighted by atomic mass is 10.1. The highest BCUT2D eigenvalue weighted by Gasteiger charge is 2.34. The zero-order valence-electron chi connectivity index (χ0n) is 16.8. The van der Waals surface area contributed by atoms with E-state index < -0.39 is 29.9 Å². The molecule has 0 unspecified atom stereocenters. The van der Waals surface area contributed by atoms with Crippen molar-refractivity contribution >= 4 is 29.3 Å². The summed E-state index contributed by atoms with van der Waals surface area (Å²) in [6.07, 6.45) is -1.17. The number of anilines is 2. The van der Waals surface area contributed by atoms with Crippen LogP contribution >= 0.6 is 0 Å². The number of carbonyl (C=O) groups is 3. The number of ether oxygens (including phenoxy) is 2. The molecular formula is C19H24F2N4O5. The van der Waals surface area contributed by atoms with Gasteiger partial charge in [0, 0.05) is 38.2 Å². The molecule has 11 heteroatoms.